The number of carbonyl (C=O) groups excluding carboxylic acids is 1. The molecule has 3 saturated heterocycles. The van der Waals surface area contributed by atoms with Gasteiger partial charge >= 0.3 is 12.2 Å². The molecule has 176 valence electrons. The minimum absolute atomic E-state index is 0.0232. The second-order valence-electron chi connectivity index (χ2n) is 9.32. The monoisotopic (exact) mass is 446 g/mol. The fraction of sp³-hybridized carbons (Fsp3) is 0.696. The summed E-state index contributed by atoms with van der Waals surface area (Å²) in [6.45, 7) is 4.43. The summed E-state index contributed by atoms with van der Waals surface area (Å²) in [5, 5.41) is 18.9. The molecule has 9 nitrogen and oxygen atoms in total. The lowest BCUT2D eigenvalue weighted by Crippen LogP contribution is -2.47. The van der Waals surface area contributed by atoms with Crippen molar-refractivity contribution in [3.8, 4) is 0 Å². The van der Waals surface area contributed by atoms with Crippen molar-refractivity contribution in [3.05, 3.63) is 30.1 Å². The number of rotatable bonds is 7. The number of hydrogen-bond acceptors (Lipinski definition) is 7. The van der Waals surface area contributed by atoms with Crippen molar-refractivity contribution in [3.63, 3.8) is 0 Å². The number of carboxylic acid groups (broad SMARTS) is 1. The third-order valence-corrected chi connectivity index (χ3v) is 7.25. The van der Waals surface area contributed by atoms with E-state index in [4.69, 9.17) is 14.6 Å². The maximum Gasteiger partial charge on any atom is 0.506 e. The van der Waals surface area contributed by atoms with E-state index in [0.717, 1.165) is 50.9 Å². The first-order chi connectivity index (χ1) is 15.5. The van der Waals surface area contributed by atoms with Crippen LogP contribution < -0.4 is 16.0 Å². The van der Waals surface area contributed by atoms with Gasteiger partial charge in [-0.2, -0.15) is 0 Å². The zero-order valence-electron chi connectivity index (χ0n) is 18.5. The number of cyclic esters (lactones) is 1. The van der Waals surface area contributed by atoms with Gasteiger partial charge in [-0.15, -0.1) is 0 Å². The first kappa shape index (κ1) is 22.8. The topological polar surface area (TPSA) is 122 Å². The summed E-state index contributed by atoms with van der Waals surface area (Å²) in [6, 6.07) is 6.11. The Hall–Kier alpha value is -2.39. The number of amides is 1. The summed E-state index contributed by atoms with van der Waals surface area (Å²) in [5.74, 6) is 0.664. The van der Waals surface area contributed by atoms with Gasteiger partial charge in [0.1, 0.15) is 12.2 Å². The van der Waals surface area contributed by atoms with Gasteiger partial charge in [0, 0.05) is 18.8 Å². The van der Waals surface area contributed by atoms with Crippen molar-refractivity contribution in [2.24, 2.45) is 17.8 Å². The molecule has 0 aliphatic carbocycles. The first-order valence-corrected chi connectivity index (χ1v) is 11.7. The predicted octanol–water partition coefficient (Wildman–Crippen LogP) is 2.69. The van der Waals surface area contributed by atoms with Crippen LogP contribution in [0.2, 0.25) is 0 Å². The third kappa shape index (κ3) is 5.50. The number of nitrogens with one attached hydrogen (secondary N) is 3. The Bertz CT molecular complexity index is 779. The zero-order valence-corrected chi connectivity index (χ0v) is 18.5. The minimum atomic E-state index is -1.22. The molecule has 3 fully saturated rings. The number of ether oxygens (including phenoxy) is 2. The molecule has 0 spiro atoms. The lowest BCUT2D eigenvalue weighted by Gasteiger charge is -2.36. The number of carbonyl (C=O) groups is 2. The van der Waals surface area contributed by atoms with Crippen LogP contribution in [0.25, 0.3) is 0 Å². The average Bonchev–Trinajstić information content (AvgIpc) is 3.20. The van der Waals surface area contributed by atoms with Crippen LogP contribution in [0.4, 0.5) is 9.59 Å². The summed E-state index contributed by atoms with van der Waals surface area (Å²) in [5.41, 5.74) is 1.03. The molecular weight excluding hydrogens is 412 g/mol. The lowest BCUT2D eigenvalue weighted by molar-refractivity contribution is 0.00666. The van der Waals surface area contributed by atoms with Gasteiger partial charge in [-0.25, -0.2) is 9.59 Å². The van der Waals surface area contributed by atoms with E-state index in [2.05, 4.69) is 27.9 Å². The van der Waals surface area contributed by atoms with Crippen LogP contribution in [0.5, 0.6) is 0 Å². The standard InChI is InChI=1S/C23H34N4O5/c1-14(5-6-15-7-10-24-13-19(15)31-23(29)30)21-20(27-22(28)32-21)16-8-11-26-18(12-16)17-4-2-3-9-25-17/h2-4,9,14-16,18-21,24,26H,5-8,10-13H2,1H3,(H,27,28)(H,29,30). The maximum atomic E-state index is 12.2. The van der Waals surface area contributed by atoms with E-state index in [1.807, 2.05) is 24.4 Å². The molecule has 4 heterocycles. The van der Waals surface area contributed by atoms with E-state index in [9.17, 15) is 9.59 Å². The molecule has 1 aromatic heterocycles. The molecule has 4 rings (SSSR count). The van der Waals surface area contributed by atoms with Gasteiger partial charge in [-0.05, 0) is 75.1 Å². The number of aromatic nitrogens is 1. The lowest BCUT2D eigenvalue weighted by atomic mass is 9.78. The molecule has 3 aliphatic rings. The fourth-order valence-corrected chi connectivity index (χ4v) is 5.51. The minimum Gasteiger partial charge on any atom is -0.450 e. The van der Waals surface area contributed by atoms with Crippen LogP contribution in [-0.4, -0.2) is 60.2 Å². The molecule has 7 unspecified atom stereocenters. The average molecular weight is 447 g/mol. The van der Waals surface area contributed by atoms with Gasteiger partial charge in [0.15, 0.2) is 0 Å². The van der Waals surface area contributed by atoms with Gasteiger partial charge in [-0.3, -0.25) is 4.98 Å². The first-order valence-electron chi connectivity index (χ1n) is 11.7. The Morgan fingerprint density at radius 2 is 2.22 bits per heavy atom. The van der Waals surface area contributed by atoms with Gasteiger partial charge in [0.05, 0.1) is 11.7 Å². The summed E-state index contributed by atoms with van der Waals surface area (Å²) in [4.78, 5) is 27.7. The highest BCUT2D eigenvalue weighted by atomic mass is 16.7. The van der Waals surface area contributed by atoms with Crippen LogP contribution in [0, 0.1) is 17.8 Å². The van der Waals surface area contributed by atoms with E-state index < -0.39 is 6.16 Å². The normalized spacial score (nSPS) is 33.7. The van der Waals surface area contributed by atoms with Crippen molar-refractivity contribution >= 4 is 12.2 Å². The van der Waals surface area contributed by atoms with Crippen LogP contribution in [0.1, 0.15) is 50.8 Å². The van der Waals surface area contributed by atoms with Crippen LogP contribution in [0.3, 0.4) is 0 Å². The number of hydrogen-bond donors (Lipinski definition) is 4. The molecule has 4 N–H and O–H groups in total. The predicted molar refractivity (Wildman–Crippen MR) is 117 cm³/mol. The Kier molecular flexibility index (Phi) is 7.47. The molecule has 0 saturated carbocycles. The number of pyridine rings is 1. The molecule has 32 heavy (non-hydrogen) atoms. The second-order valence-corrected chi connectivity index (χ2v) is 9.32. The molecule has 0 aromatic carbocycles. The fourth-order valence-electron chi connectivity index (χ4n) is 5.51. The quantitative estimate of drug-likeness (QED) is 0.472. The van der Waals surface area contributed by atoms with Gasteiger partial charge in [0.2, 0.25) is 0 Å². The zero-order chi connectivity index (χ0) is 22.5. The van der Waals surface area contributed by atoms with Crippen molar-refractivity contribution < 1.29 is 24.2 Å². The molecule has 7 atom stereocenters. The Morgan fingerprint density at radius 3 is 3.00 bits per heavy atom. The van der Waals surface area contributed by atoms with Crippen molar-refractivity contribution in [2.45, 2.75) is 63.3 Å². The summed E-state index contributed by atoms with van der Waals surface area (Å²) >= 11 is 0. The summed E-state index contributed by atoms with van der Waals surface area (Å²) in [7, 11) is 0. The van der Waals surface area contributed by atoms with Crippen molar-refractivity contribution in [2.75, 3.05) is 19.6 Å². The Morgan fingerprint density at radius 1 is 1.34 bits per heavy atom. The van der Waals surface area contributed by atoms with Crippen LogP contribution in [-0.2, 0) is 9.47 Å². The number of piperidine rings is 2. The van der Waals surface area contributed by atoms with Gasteiger partial charge in [0.25, 0.3) is 0 Å². The molecule has 1 amide bonds. The van der Waals surface area contributed by atoms with Gasteiger partial charge in [-0.1, -0.05) is 13.0 Å². The van der Waals surface area contributed by atoms with Crippen LogP contribution in [0.15, 0.2) is 24.4 Å². The Labute approximate surface area is 188 Å². The van der Waals surface area contributed by atoms with E-state index in [1.54, 1.807) is 0 Å². The van der Waals surface area contributed by atoms with Crippen molar-refractivity contribution in [1.29, 1.82) is 0 Å². The summed E-state index contributed by atoms with van der Waals surface area (Å²) < 4.78 is 10.8. The molecule has 1 aromatic rings. The molecule has 0 radical (unpaired) electrons. The van der Waals surface area contributed by atoms with E-state index >= 15 is 0 Å². The van der Waals surface area contributed by atoms with Crippen LogP contribution >= 0.6 is 0 Å². The Balaban J connectivity index is 1.36. The maximum absolute atomic E-state index is 12.2. The van der Waals surface area contributed by atoms with Crippen molar-refractivity contribution in [1.82, 2.24) is 20.9 Å². The number of nitrogens with zero attached hydrogens (tertiary/aromatic N) is 1. The molecule has 9 heteroatoms. The highest BCUT2D eigenvalue weighted by Crippen LogP contribution is 2.35. The largest absolute Gasteiger partial charge is 0.506 e. The SMILES string of the molecule is CC(CCC1CCNCC1OC(=O)O)C1OC(=O)NC1C1CCNC(c2ccccn2)C1. The van der Waals surface area contributed by atoms with E-state index in [-0.39, 0.29) is 42.2 Å². The highest BCUT2D eigenvalue weighted by molar-refractivity contribution is 5.70. The van der Waals surface area contributed by atoms with E-state index in [1.165, 1.54) is 0 Å². The second kappa shape index (κ2) is 10.5. The highest BCUT2D eigenvalue weighted by Gasteiger charge is 2.44. The third-order valence-electron chi connectivity index (χ3n) is 7.25. The summed E-state index contributed by atoms with van der Waals surface area (Å²) in [6.07, 6.45) is 4.21. The van der Waals surface area contributed by atoms with E-state index in [0.29, 0.717) is 12.5 Å². The van der Waals surface area contributed by atoms with Gasteiger partial charge < -0.3 is 30.5 Å². The smallest absolute Gasteiger partial charge is 0.450 e. The molecular formula is C23H34N4O5. The molecule has 0 bridgehead atoms. The number of alkyl carbamates (subject to hydrolysis) is 1. The molecule has 3 aliphatic heterocycles.